The number of amidine groups is 1. The van der Waals surface area contributed by atoms with Gasteiger partial charge in [0.1, 0.15) is 16.8 Å². The molecule has 1 atom stereocenters. The number of ether oxygens (including phenoxy) is 1. The SMILES string of the molecule is COc1ccccc1NC(=O)CC1SC(=Nc2ccc(C)cc2)N(Cc2ccco2)C1=O. The van der Waals surface area contributed by atoms with Gasteiger partial charge in [0.15, 0.2) is 5.17 Å². The van der Waals surface area contributed by atoms with E-state index in [4.69, 9.17) is 9.15 Å². The van der Waals surface area contributed by atoms with Gasteiger partial charge in [0.2, 0.25) is 11.8 Å². The van der Waals surface area contributed by atoms with Crippen molar-refractivity contribution in [2.75, 3.05) is 12.4 Å². The standard InChI is InChI=1S/C24H23N3O4S/c1-16-9-11-17(12-10-16)25-24-27(15-18-6-5-13-31-18)23(29)21(32-24)14-22(28)26-19-7-3-4-8-20(19)30-2/h3-13,21H,14-15H2,1-2H3,(H,26,28). The average molecular weight is 450 g/mol. The van der Waals surface area contributed by atoms with Gasteiger partial charge in [-0.25, -0.2) is 4.99 Å². The van der Waals surface area contributed by atoms with Crippen LogP contribution >= 0.6 is 11.8 Å². The van der Waals surface area contributed by atoms with Crippen molar-refractivity contribution in [2.45, 2.75) is 25.1 Å². The topological polar surface area (TPSA) is 84.1 Å². The Hall–Kier alpha value is -3.52. The van der Waals surface area contributed by atoms with Crippen LogP contribution in [-0.2, 0) is 16.1 Å². The Balaban J connectivity index is 1.53. The lowest BCUT2D eigenvalue weighted by molar-refractivity contribution is -0.128. The molecular formula is C24H23N3O4S. The summed E-state index contributed by atoms with van der Waals surface area (Å²) in [5.74, 6) is 0.768. The Kier molecular flexibility index (Phi) is 6.61. The van der Waals surface area contributed by atoms with Gasteiger partial charge in [-0.05, 0) is 43.3 Å². The van der Waals surface area contributed by atoms with E-state index in [1.165, 1.54) is 11.8 Å². The Labute approximate surface area is 190 Å². The van der Waals surface area contributed by atoms with Crippen LogP contribution in [0.3, 0.4) is 0 Å². The Morgan fingerprint density at radius 2 is 1.94 bits per heavy atom. The summed E-state index contributed by atoms with van der Waals surface area (Å²) in [6.45, 7) is 2.26. The number of carbonyl (C=O) groups is 2. The predicted molar refractivity (Wildman–Crippen MR) is 125 cm³/mol. The van der Waals surface area contributed by atoms with Crippen LogP contribution in [0.1, 0.15) is 17.7 Å². The van der Waals surface area contributed by atoms with Crippen LogP contribution < -0.4 is 10.1 Å². The van der Waals surface area contributed by atoms with Gasteiger partial charge in [0, 0.05) is 6.42 Å². The summed E-state index contributed by atoms with van der Waals surface area (Å²) in [6.07, 6.45) is 1.58. The second kappa shape index (κ2) is 9.74. The molecule has 2 heterocycles. The third-order valence-electron chi connectivity index (χ3n) is 4.92. The Morgan fingerprint density at radius 1 is 1.16 bits per heavy atom. The number of rotatable bonds is 7. The third kappa shape index (κ3) is 5.03. The zero-order chi connectivity index (χ0) is 22.5. The van der Waals surface area contributed by atoms with E-state index >= 15 is 0 Å². The summed E-state index contributed by atoms with van der Waals surface area (Å²) in [7, 11) is 1.54. The molecule has 2 amide bonds. The first-order chi connectivity index (χ1) is 15.5. The van der Waals surface area contributed by atoms with Crippen molar-refractivity contribution < 1.29 is 18.7 Å². The molecule has 0 spiro atoms. The number of carbonyl (C=O) groups excluding carboxylic acids is 2. The number of benzene rings is 2. The molecule has 7 nitrogen and oxygen atoms in total. The monoisotopic (exact) mass is 449 g/mol. The molecule has 8 heteroatoms. The molecule has 0 aliphatic carbocycles. The van der Waals surface area contributed by atoms with E-state index in [1.807, 2.05) is 49.4 Å². The molecule has 4 rings (SSSR count). The molecular weight excluding hydrogens is 426 g/mol. The maximum Gasteiger partial charge on any atom is 0.243 e. The van der Waals surface area contributed by atoms with Gasteiger partial charge in [0.05, 0.1) is 31.3 Å². The van der Waals surface area contributed by atoms with E-state index in [-0.39, 0.29) is 24.8 Å². The molecule has 1 N–H and O–H groups in total. The lowest BCUT2D eigenvalue weighted by atomic mass is 10.2. The lowest BCUT2D eigenvalue weighted by Gasteiger charge is -2.15. The van der Waals surface area contributed by atoms with Crippen LogP contribution in [0, 0.1) is 6.92 Å². The number of furan rings is 1. The quantitative estimate of drug-likeness (QED) is 0.562. The second-order valence-corrected chi connectivity index (χ2v) is 8.46. The summed E-state index contributed by atoms with van der Waals surface area (Å²) in [6, 6.07) is 18.5. The Morgan fingerprint density at radius 3 is 2.66 bits per heavy atom. The molecule has 0 saturated carbocycles. The van der Waals surface area contributed by atoms with E-state index in [1.54, 1.807) is 36.5 Å². The number of amides is 2. The largest absolute Gasteiger partial charge is 0.495 e. The molecule has 1 aliphatic rings. The number of hydrogen-bond donors (Lipinski definition) is 1. The molecule has 0 radical (unpaired) electrons. The number of nitrogens with one attached hydrogen (secondary N) is 1. The summed E-state index contributed by atoms with van der Waals surface area (Å²) < 4.78 is 10.7. The number of methoxy groups -OCH3 is 1. The van der Waals surface area contributed by atoms with E-state index in [0.29, 0.717) is 22.4 Å². The first-order valence-corrected chi connectivity index (χ1v) is 11.0. The molecule has 3 aromatic rings. The van der Waals surface area contributed by atoms with E-state index < -0.39 is 5.25 Å². The molecule has 1 aromatic heterocycles. The molecule has 1 unspecified atom stereocenters. The van der Waals surface area contributed by atoms with Crippen molar-refractivity contribution in [1.82, 2.24) is 4.90 Å². The van der Waals surface area contributed by atoms with Crippen LogP contribution in [0.2, 0.25) is 0 Å². The Bertz CT molecular complexity index is 1130. The van der Waals surface area contributed by atoms with Crippen LogP contribution in [0.15, 0.2) is 76.3 Å². The lowest BCUT2D eigenvalue weighted by Crippen LogP contribution is -2.33. The fourth-order valence-electron chi connectivity index (χ4n) is 3.28. The molecule has 164 valence electrons. The fourth-order valence-corrected chi connectivity index (χ4v) is 4.43. The number of thioether (sulfide) groups is 1. The molecule has 0 bridgehead atoms. The minimum absolute atomic E-state index is 0.0170. The predicted octanol–water partition coefficient (Wildman–Crippen LogP) is 4.76. The highest BCUT2D eigenvalue weighted by Crippen LogP contribution is 2.33. The number of nitrogens with zero attached hydrogens (tertiary/aromatic N) is 2. The smallest absolute Gasteiger partial charge is 0.243 e. The van der Waals surface area contributed by atoms with Gasteiger partial charge in [-0.3, -0.25) is 14.5 Å². The zero-order valence-electron chi connectivity index (χ0n) is 17.8. The first kappa shape index (κ1) is 21.7. The maximum atomic E-state index is 13.2. The number of aryl methyl sites for hydroxylation is 1. The van der Waals surface area contributed by atoms with Crippen LogP contribution in [0.5, 0.6) is 5.75 Å². The zero-order valence-corrected chi connectivity index (χ0v) is 18.6. The van der Waals surface area contributed by atoms with E-state index in [9.17, 15) is 9.59 Å². The number of anilines is 1. The molecule has 2 aromatic carbocycles. The molecule has 1 saturated heterocycles. The van der Waals surface area contributed by atoms with Crippen molar-refractivity contribution in [1.29, 1.82) is 0 Å². The van der Waals surface area contributed by atoms with E-state index in [0.717, 1.165) is 11.3 Å². The summed E-state index contributed by atoms with van der Waals surface area (Å²) >= 11 is 1.29. The number of hydrogen-bond acceptors (Lipinski definition) is 6. The highest BCUT2D eigenvalue weighted by molar-refractivity contribution is 8.15. The van der Waals surface area contributed by atoms with Crippen molar-refractivity contribution in [3.05, 3.63) is 78.3 Å². The highest BCUT2D eigenvalue weighted by atomic mass is 32.2. The fraction of sp³-hybridized carbons (Fsp3) is 0.208. The highest BCUT2D eigenvalue weighted by Gasteiger charge is 2.39. The maximum absolute atomic E-state index is 13.2. The third-order valence-corrected chi connectivity index (χ3v) is 6.10. The van der Waals surface area contributed by atoms with Gasteiger partial charge < -0.3 is 14.5 Å². The van der Waals surface area contributed by atoms with Crippen molar-refractivity contribution in [2.24, 2.45) is 4.99 Å². The van der Waals surface area contributed by atoms with Crippen molar-refractivity contribution in [3.63, 3.8) is 0 Å². The summed E-state index contributed by atoms with van der Waals surface area (Å²) in [5, 5.41) is 2.80. The van der Waals surface area contributed by atoms with Crippen LogP contribution in [-0.4, -0.2) is 34.2 Å². The number of aliphatic imine (C=N–C) groups is 1. The van der Waals surface area contributed by atoms with E-state index in [2.05, 4.69) is 10.3 Å². The normalized spacial score (nSPS) is 17.1. The van der Waals surface area contributed by atoms with Crippen LogP contribution in [0.4, 0.5) is 11.4 Å². The molecule has 32 heavy (non-hydrogen) atoms. The van der Waals surface area contributed by atoms with Gasteiger partial charge in [-0.15, -0.1) is 0 Å². The minimum atomic E-state index is -0.580. The van der Waals surface area contributed by atoms with Gasteiger partial charge >= 0.3 is 0 Å². The summed E-state index contributed by atoms with van der Waals surface area (Å²) in [5.41, 5.74) is 2.44. The van der Waals surface area contributed by atoms with Gasteiger partial charge in [0.25, 0.3) is 0 Å². The van der Waals surface area contributed by atoms with Gasteiger partial charge in [-0.2, -0.15) is 0 Å². The number of para-hydroxylation sites is 2. The average Bonchev–Trinajstić information content (AvgIpc) is 3.40. The molecule has 1 aliphatic heterocycles. The molecule has 1 fully saturated rings. The summed E-state index contributed by atoms with van der Waals surface area (Å²) in [4.78, 5) is 32.1. The van der Waals surface area contributed by atoms with Gasteiger partial charge in [-0.1, -0.05) is 41.6 Å². The first-order valence-electron chi connectivity index (χ1n) is 10.1. The van der Waals surface area contributed by atoms with Crippen LogP contribution in [0.25, 0.3) is 0 Å². The minimum Gasteiger partial charge on any atom is -0.495 e. The van der Waals surface area contributed by atoms with Crippen molar-refractivity contribution >= 4 is 40.1 Å². The van der Waals surface area contributed by atoms with Crippen molar-refractivity contribution in [3.8, 4) is 5.75 Å². The second-order valence-electron chi connectivity index (χ2n) is 7.29.